The minimum atomic E-state index is -3.37. The molecule has 0 spiro atoms. The molecule has 0 saturated carbocycles. The number of fused-ring (bicyclic) bond motifs is 1. The van der Waals surface area contributed by atoms with Crippen molar-refractivity contribution in [2.75, 3.05) is 20.3 Å². The fourth-order valence-electron chi connectivity index (χ4n) is 3.35. The molecule has 1 fully saturated rings. The van der Waals surface area contributed by atoms with Crippen molar-refractivity contribution in [2.45, 2.75) is 45.1 Å². The van der Waals surface area contributed by atoms with Crippen LogP contribution in [0.15, 0.2) is 35.1 Å². The lowest BCUT2D eigenvalue weighted by atomic mass is 9.98. The van der Waals surface area contributed by atoms with Crippen LogP contribution in [0.2, 0.25) is 0 Å². The number of rotatable bonds is 6. The molecular weight excluding hydrogens is 380 g/mol. The van der Waals surface area contributed by atoms with Crippen molar-refractivity contribution >= 4 is 11.0 Å². The third-order valence-electron chi connectivity index (χ3n) is 4.96. The van der Waals surface area contributed by atoms with Gasteiger partial charge in [-0.05, 0) is 44.4 Å². The molecule has 1 aromatic carbocycles. The van der Waals surface area contributed by atoms with Gasteiger partial charge in [0.1, 0.15) is 5.75 Å². The first kappa shape index (κ1) is 23.0. The van der Waals surface area contributed by atoms with Crippen molar-refractivity contribution < 1.29 is 20.1 Å². The van der Waals surface area contributed by atoms with E-state index < -0.39 is 23.6 Å². The van der Waals surface area contributed by atoms with Crippen LogP contribution >= 0.6 is 0 Å². The first-order chi connectivity index (χ1) is 13.7. The summed E-state index contributed by atoms with van der Waals surface area (Å²) < 4.78 is 32.7. The molecule has 3 rings (SSSR count). The van der Waals surface area contributed by atoms with Gasteiger partial charge in [0.2, 0.25) is 0 Å². The molecule has 6 nitrogen and oxygen atoms in total. The van der Waals surface area contributed by atoms with Crippen LogP contribution in [0.4, 0.5) is 8.78 Å². The molecular formula is C21H31F2N3O3. The predicted molar refractivity (Wildman–Crippen MR) is 112 cm³/mol. The van der Waals surface area contributed by atoms with E-state index in [4.69, 9.17) is 9.84 Å². The zero-order valence-corrected chi connectivity index (χ0v) is 17.1. The van der Waals surface area contributed by atoms with E-state index in [1.165, 1.54) is 37.8 Å². The predicted octanol–water partition coefficient (Wildman–Crippen LogP) is 3.60. The first-order valence-electron chi connectivity index (χ1n) is 9.65. The maximum absolute atomic E-state index is 13.9. The molecule has 0 unspecified atom stereocenters. The molecule has 0 amide bonds. The maximum Gasteiger partial charge on any atom is 0.295 e. The third kappa shape index (κ3) is 5.83. The van der Waals surface area contributed by atoms with Crippen molar-refractivity contribution in [1.82, 2.24) is 15.3 Å². The molecule has 29 heavy (non-hydrogen) atoms. The summed E-state index contributed by atoms with van der Waals surface area (Å²) in [6.45, 7) is 9.10. The Hall–Kier alpha value is -2.32. The molecule has 8 heteroatoms. The number of benzene rings is 1. The number of hydrogen-bond acceptors (Lipinski definition) is 5. The van der Waals surface area contributed by atoms with Crippen LogP contribution in [-0.4, -0.2) is 41.4 Å². The number of aromatic amines is 1. The first-order valence-corrected chi connectivity index (χ1v) is 9.65. The minimum Gasteiger partial charge on any atom is -0.497 e. The zero-order valence-electron chi connectivity index (χ0n) is 17.1. The quantitative estimate of drug-likeness (QED) is 0.632. The summed E-state index contributed by atoms with van der Waals surface area (Å²) in [7, 11) is 1.46. The molecule has 1 saturated heterocycles. The Kier molecular flexibility index (Phi) is 7.87. The molecule has 1 aliphatic heterocycles. The molecule has 0 bridgehead atoms. The third-order valence-corrected chi connectivity index (χ3v) is 4.96. The molecule has 162 valence electrons. The second kappa shape index (κ2) is 9.93. The van der Waals surface area contributed by atoms with E-state index in [2.05, 4.69) is 35.7 Å². The summed E-state index contributed by atoms with van der Waals surface area (Å²) in [6.07, 6.45) is 0.577. The topological polar surface area (TPSA) is 87.2 Å². The lowest BCUT2D eigenvalue weighted by Crippen LogP contribution is -2.27. The Bertz CT molecular complexity index is 905. The van der Waals surface area contributed by atoms with Gasteiger partial charge in [0.25, 0.3) is 11.5 Å². The van der Waals surface area contributed by atoms with Crippen LogP contribution < -0.4 is 15.6 Å². The van der Waals surface area contributed by atoms with Crippen LogP contribution in [0.1, 0.15) is 40.2 Å². The zero-order chi connectivity index (χ0) is 21.6. The number of aliphatic hydroxyl groups is 1. The molecule has 3 N–H and O–H groups in total. The fraction of sp³-hybridized carbons (Fsp3) is 0.524. The average Bonchev–Trinajstić information content (AvgIpc) is 3.12. The number of H-pyrrole nitrogens is 1. The largest absolute Gasteiger partial charge is 0.497 e. The SMILES string of the molecule is C=C(C)[C@H]1NCC[C@H]1C.COc1ccc2nc(C(F)(F)CCCO)c(=O)[nH]c2c1.[HH]. The van der Waals surface area contributed by atoms with Crippen molar-refractivity contribution in [1.29, 1.82) is 0 Å². The normalized spacial score (nSPS) is 19.0. The lowest BCUT2D eigenvalue weighted by Gasteiger charge is -2.14. The number of nitrogens with zero attached hydrogens (tertiary/aromatic N) is 1. The van der Waals surface area contributed by atoms with Crippen molar-refractivity contribution in [3.8, 4) is 5.75 Å². The Balaban J connectivity index is 0.000000379. The van der Waals surface area contributed by atoms with Gasteiger partial charge in [-0.3, -0.25) is 4.79 Å². The van der Waals surface area contributed by atoms with E-state index in [-0.39, 0.29) is 20.0 Å². The van der Waals surface area contributed by atoms with Gasteiger partial charge in [-0.1, -0.05) is 19.1 Å². The van der Waals surface area contributed by atoms with Crippen LogP contribution in [0, 0.1) is 5.92 Å². The Morgan fingerprint density at radius 1 is 1.48 bits per heavy atom. The van der Waals surface area contributed by atoms with E-state index in [9.17, 15) is 13.6 Å². The van der Waals surface area contributed by atoms with E-state index >= 15 is 0 Å². The molecule has 1 aliphatic rings. The standard InChI is InChI=1S/C13H14F2N2O3.C8H15N.H2/c1-20-8-3-4-9-10(7-8)17-12(19)11(16-9)13(14,15)5-2-6-18;1-6(2)8-7(3)4-5-9-8;/h3-4,7,18H,2,5-6H2,1H3,(H,17,19);7-9H,1,4-5H2,2-3H3;1H/t;7-,8-;/m.1./s1. The number of ether oxygens (including phenoxy) is 1. The van der Waals surface area contributed by atoms with Crippen molar-refractivity contribution in [2.24, 2.45) is 5.92 Å². The number of methoxy groups -OCH3 is 1. The number of nitrogens with one attached hydrogen (secondary N) is 2. The minimum absolute atomic E-state index is 0. The number of alkyl halides is 2. The highest BCUT2D eigenvalue weighted by atomic mass is 19.3. The fourth-order valence-corrected chi connectivity index (χ4v) is 3.35. The van der Waals surface area contributed by atoms with Gasteiger partial charge >= 0.3 is 0 Å². The average molecular weight is 411 g/mol. The Labute approximate surface area is 170 Å². The Morgan fingerprint density at radius 3 is 2.72 bits per heavy atom. The monoisotopic (exact) mass is 411 g/mol. The van der Waals surface area contributed by atoms with Gasteiger partial charge in [-0.15, -0.1) is 0 Å². The number of aliphatic hydroxyl groups excluding tert-OH is 1. The summed E-state index contributed by atoms with van der Waals surface area (Å²) in [5.74, 6) is -2.08. The van der Waals surface area contributed by atoms with E-state index in [1.54, 1.807) is 6.07 Å². The van der Waals surface area contributed by atoms with Crippen LogP contribution in [0.25, 0.3) is 11.0 Å². The number of aromatic nitrogens is 2. The second-order valence-corrected chi connectivity index (χ2v) is 7.37. The molecule has 1 aromatic heterocycles. The molecule has 2 heterocycles. The lowest BCUT2D eigenvalue weighted by molar-refractivity contribution is -0.0242. The molecule has 0 aliphatic carbocycles. The highest BCUT2D eigenvalue weighted by Gasteiger charge is 2.35. The van der Waals surface area contributed by atoms with Gasteiger partial charge in [-0.25, -0.2) is 4.98 Å². The molecule has 2 atom stereocenters. The summed E-state index contributed by atoms with van der Waals surface area (Å²) >= 11 is 0. The number of hydrogen-bond donors (Lipinski definition) is 3. The van der Waals surface area contributed by atoms with Crippen molar-refractivity contribution in [3.05, 3.63) is 46.4 Å². The summed E-state index contributed by atoms with van der Waals surface area (Å²) in [4.78, 5) is 17.9. The molecule has 2 aromatic rings. The Morgan fingerprint density at radius 2 is 2.21 bits per heavy atom. The van der Waals surface area contributed by atoms with E-state index in [1.807, 2.05) is 0 Å². The van der Waals surface area contributed by atoms with E-state index in [0.717, 1.165) is 5.92 Å². The summed E-state index contributed by atoms with van der Waals surface area (Å²) in [5.41, 5.74) is 0.0949. The van der Waals surface area contributed by atoms with Crippen molar-refractivity contribution in [3.63, 3.8) is 0 Å². The van der Waals surface area contributed by atoms with Gasteiger partial charge in [0.05, 0.1) is 18.1 Å². The van der Waals surface area contributed by atoms with E-state index in [0.29, 0.717) is 17.3 Å². The number of halogens is 2. The van der Waals surface area contributed by atoms with Gasteiger partial charge in [0, 0.05) is 26.6 Å². The van der Waals surface area contributed by atoms with Gasteiger partial charge in [-0.2, -0.15) is 8.78 Å². The van der Waals surface area contributed by atoms with Crippen LogP contribution in [-0.2, 0) is 5.92 Å². The molecule has 0 radical (unpaired) electrons. The van der Waals surface area contributed by atoms with Gasteiger partial charge in [0.15, 0.2) is 5.69 Å². The second-order valence-electron chi connectivity index (χ2n) is 7.37. The van der Waals surface area contributed by atoms with Gasteiger partial charge < -0.3 is 20.1 Å². The maximum atomic E-state index is 13.9. The smallest absolute Gasteiger partial charge is 0.295 e. The summed E-state index contributed by atoms with van der Waals surface area (Å²) in [6, 6.07) is 5.17. The summed E-state index contributed by atoms with van der Waals surface area (Å²) in [5, 5.41) is 12.0. The van der Waals surface area contributed by atoms with Crippen LogP contribution in [0.5, 0.6) is 5.75 Å². The highest BCUT2D eigenvalue weighted by Crippen LogP contribution is 2.30. The highest BCUT2D eigenvalue weighted by molar-refractivity contribution is 5.75. The van der Waals surface area contributed by atoms with Crippen LogP contribution in [0.3, 0.4) is 0 Å².